The summed E-state index contributed by atoms with van der Waals surface area (Å²) in [5.74, 6) is 0. The molecule has 3 nitrogen and oxygen atoms in total. The molecule has 1 aromatic rings. The van der Waals surface area contributed by atoms with Crippen molar-refractivity contribution in [2.45, 2.75) is 19.3 Å². The number of likely N-dealkylation sites (tertiary alicyclic amines) is 1. The minimum atomic E-state index is 1.02. The summed E-state index contributed by atoms with van der Waals surface area (Å²) in [5.41, 5.74) is 1.07. The fraction of sp³-hybridized carbons (Fsp3) is 0.667. The van der Waals surface area contributed by atoms with Gasteiger partial charge in [0.1, 0.15) is 6.26 Å². The molecule has 1 saturated heterocycles. The maximum absolute atomic E-state index is 4.76. The second kappa shape index (κ2) is 3.72. The Balaban J connectivity index is 1.74. The molecule has 0 atom stereocenters. The molecule has 1 fully saturated rings. The van der Waals surface area contributed by atoms with Crippen LogP contribution in [0.4, 0.5) is 0 Å². The first-order valence-corrected chi connectivity index (χ1v) is 4.57. The van der Waals surface area contributed by atoms with Gasteiger partial charge in [-0.05, 0) is 25.9 Å². The lowest BCUT2D eigenvalue weighted by atomic mass is 10.3. The lowest BCUT2D eigenvalue weighted by molar-refractivity contribution is 0.337. The minimum absolute atomic E-state index is 1.02. The van der Waals surface area contributed by atoms with Gasteiger partial charge in [-0.25, -0.2) is 0 Å². The van der Waals surface area contributed by atoms with E-state index < -0.39 is 0 Å². The van der Waals surface area contributed by atoms with Crippen LogP contribution in [0.2, 0.25) is 0 Å². The molecule has 1 aliphatic heterocycles. The van der Waals surface area contributed by atoms with Gasteiger partial charge in [0.25, 0.3) is 0 Å². The standard InChI is InChI=1S/C9H14N2O/c1-2-6-11(5-1)7-3-9-4-8-12-10-9/h4,8H,1-3,5-7H2. The predicted octanol–water partition coefficient (Wildman–Crippen LogP) is 1.31. The lowest BCUT2D eigenvalue weighted by Gasteiger charge is -2.12. The topological polar surface area (TPSA) is 29.3 Å². The van der Waals surface area contributed by atoms with E-state index in [-0.39, 0.29) is 0 Å². The summed E-state index contributed by atoms with van der Waals surface area (Å²) in [5, 5.41) is 3.88. The first-order valence-electron chi connectivity index (χ1n) is 4.57. The smallest absolute Gasteiger partial charge is 0.124 e. The van der Waals surface area contributed by atoms with Gasteiger partial charge in [0.15, 0.2) is 0 Å². The van der Waals surface area contributed by atoms with Crippen LogP contribution in [-0.4, -0.2) is 29.7 Å². The van der Waals surface area contributed by atoms with Gasteiger partial charge in [-0.3, -0.25) is 0 Å². The molecule has 1 aliphatic rings. The van der Waals surface area contributed by atoms with Crippen molar-refractivity contribution in [2.75, 3.05) is 19.6 Å². The average Bonchev–Trinajstić information content (AvgIpc) is 2.74. The summed E-state index contributed by atoms with van der Waals surface area (Å²) >= 11 is 0. The summed E-state index contributed by atoms with van der Waals surface area (Å²) < 4.78 is 4.76. The second-order valence-electron chi connectivity index (χ2n) is 3.29. The van der Waals surface area contributed by atoms with Crippen LogP contribution in [0.3, 0.4) is 0 Å². The van der Waals surface area contributed by atoms with E-state index in [0.29, 0.717) is 0 Å². The van der Waals surface area contributed by atoms with E-state index >= 15 is 0 Å². The maximum Gasteiger partial charge on any atom is 0.124 e. The Labute approximate surface area is 72.3 Å². The highest BCUT2D eigenvalue weighted by Crippen LogP contribution is 2.08. The monoisotopic (exact) mass is 166 g/mol. The largest absolute Gasteiger partial charge is 0.365 e. The molecule has 2 rings (SSSR count). The van der Waals surface area contributed by atoms with Crippen molar-refractivity contribution in [3.63, 3.8) is 0 Å². The van der Waals surface area contributed by atoms with Crippen LogP contribution in [0, 0.1) is 0 Å². The fourth-order valence-electron chi connectivity index (χ4n) is 1.65. The molecule has 3 heteroatoms. The fourth-order valence-corrected chi connectivity index (χ4v) is 1.65. The third kappa shape index (κ3) is 1.85. The Hall–Kier alpha value is -0.830. The number of hydrogen-bond donors (Lipinski definition) is 0. The number of aromatic nitrogens is 1. The van der Waals surface area contributed by atoms with E-state index in [9.17, 15) is 0 Å². The Morgan fingerprint density at radius 3 is 2.92 bits per heavy atom. The van der Waals surface area contributed by atoms with Gasteiger partial charge in [0.05, 0.1) is 5.69 Å². The summed E-state index contributed by atoms with van der Waals surface area (Å²) in [6, 6.07) is 1.94. The molecular weight excluding hydrogens is 152 g/mol. The van der Waals surface area contributed by atoms with Gasteiger partial charge in [-0.2, -0.15) is 0 Å². The van der Waals surface area contributed by atoms with E-state index in [1.54, 1.807) is 6.26 Å². The van der Waals surface area contributed by atoms with Crippen molar-refractivity contribution in [1.29, 1.82) is 0 Å². The second-order valence-corrected chi connectivity index (χ2v) is 3.29. The van der Waals surface area contributed by atoms with Crippen LogP contribution < -0.4 is 0 Å². The number of nitrogens with zero attached hydrogens (tertiary/aromatic N) is 2. The maximum atomic E-state index is 4.76. The molecular formula is C9H14N2O. The van der Waals surface area contributed by atoms with E-state index in [1.807, 2.05) is 6.07 Å². The summed E-state index contributed by atoms with van der Waals surface area (Å²) in [6.45, 7) is 3.65. The molecule has 0 unspecified atom stereocenters. The van der Waals surface area contributed by atoms with E-state index in [0.717, 1.165) is 18.7 Å². The van der Waals surface area contributed by atoms with Crippen molar-refractivity contribution in [1.82, 2.24) is 10.1 Å². The Morgan fingerprint density at radius 2 is 2.25 bits per heavy atom. The van der Waals surface area contributed by atoms with Crippen molar-refractivity contribution in [3.05, 3.63) is 18.0 Å². The predicted molar refractivity (Wildman–Crippen MR) is 45.9 cm³/mol. The van der Waals surface area contributed by atoms with Gasteiger partial charge in [0.2, 0.25) is 0 Å². The van der Waals surface area contributed by atoms with Crippen LogP contribution in [0.5, 0.6) is 0 Å². The molecule has 0 bridgehead atoms. The van der Waals surface area contributed by atoms with Crippen molar-refractivity contribution < 1.29 is 4.52 Å². The van der Waals surface area contributed by atoms with Crippen LogP contribution >= 0.6 is 0 Å². The highest BCUT2D eigenvalue weighted by molar-refractivity contribution is 4.95. The summed E-state index contributed by atoms with van der Waals surface area (Å²) in [6.07, 6.45) is 5.38. The van der Waals surface area contributed by atoms with Crippen LogP contribution in [0.25, 0.3) is 0 Å². The van der Waals surface area contributed by atoms with Crippen LogP contribution in [-0.2, 0) is 6.42 Å². The van der Waals surface area contributed by atoms with Gasteiger partial charge in [-0.15, -0.1) is 0 Å². The van der Waals surface area contributed by atoms with E-state index in [1.165, 1.54) is 25.9 Å². The Kier molecular flexibility index (Phi) is 2.42. The molecule has 1 aromatic heterocycles. The Bertz CT molecular complexity index is 214. The molecule has 0 spiro atoms. The third-order valence-corrected chi connectivity index (χ3v) is 2.37. The highest BCUT2D eigenvalue weighted by atomic mass is 16.5. The zero-order valence-electron chi connectivity index (χ0n) is 7.20. The quantitative estimate of drug-likeness (QED) is 0.678. The Morgan fingerprint density at radius 1 is 1.42 bits per heavy atom. The summed E-state index contributed by atoms with van der Waals surface area (Å²) in [4.78, 5) is 2.48. The zero-order chi connectivity index (χ0) is 8.23. The van der Waals surface area contributed by atoms with Gasteiger partial charge in [-0.1, -0.05) is 5.16 Å². The molecule has 0 N–H and O–H groups in total. The van der Waals surface area contributed by atoms with Crippen molar-refractivity contribution in [2.24, 2.45) is 0 Å². The minimum Gasteiger partial charge on any atom is -0.365 e. The number of rotatable bonds is 3. The number of hydrogen-bond acceptors (Lipinski definition) is 3. The molecule has 0 amide bonds. The van der Waals surface area contributed by atoms with Crippen LogP contribution in [0.1, 0.15) is 18.5 Å². The average molecular weight is 166 g/mol. The van der Waals surface area contributed by atoms with E-state index in [4.69, 9.17) is 4.52 Å². The normalized spacial score (nSPS) is 18.7. The van der Waals surface area contributed by atoms with Gasteiger partial charge < -0.3 is 9.42 Å². The lowest BCUT2D eigenvalue weighted by Crippen LogP contribution is -2.21. The van der Waals surface area contributed by atoms with Crippen molar-refractivity contribution in [3.8, 4) is 0 Å². The van der Waals surface area contributed by atoms with Gasteiger partial charge in [0, 0.05) is 19.0 Å². The molecule has 12 heavy (non-hydrogen) atoms. The molecule has 0 aliphatic carbocycles. The summed E-state index contributed by atoms with van der Waals surface area (Å²) in [7, 11) is 0. The first kappa shape index (κ1) is 7.80. The molecule has 0 aromatic carbocycles. The zero-order valence-corrected chi connectivity index (χ0v) is 7.20. The first-order chi connectivity index (χ1) is 5.95. The van der Waals surface area contributed by atoms with Gasteiger partial charge >= 0.3 is 0 Å². The SMILES string of the molecule is c1cc(CCN2CCCC2)no1. The molecule has 66 valence electrons. The van der Waals surface area contributed by atoms with Crippen molar-refractivity contribution >= 4 is 0 Å². The molecule has 2 heterocycles. The highest BCUT2D eigenvalue weighted by Gasteiger charge is 2.11. The molecule has 0 radical (unpaired) electrons. The molecule has 0 saturated carbocycles. The van der Waals surface area contributed by atoms with E-state index in [2.05, 4.69) is 10.1 Å². The third-order valence-electron chi connectivity index (χ3n) is 2.37. The van der Waals surface area contributed by atoms with Crippen LogP contribution in [0.15, 0.2) is 16.9 Å².